The topological polar surface area (TPSA) is 47.5 Å². The molecule has 0 radical (unpaired) electrons. The Morgan fingerprint density at radius 2 is 1.94 bits per heavy atom. The van der Waals surface area contributed by atoms with E-state index in [9.17, 15) is 0 Å². The first-order valence-corrected chi connectivity index (χ1v) is 6.31. The van der Waals surface area contributed by atoms with E-state index >= 15 is 0 Å². The minimum atomic E-state index is 0.0423. The number of halogens is 2. The number of methoxy groups -OCH3 is 2. The number of ether oxygens (including phenoxy) is 2. The van der Waals surface area contributed by atoms with Crippen LogP contribution in [0.4, 0.5) is 5.82 Å². The number of hydrogen-bond acceptors (Lipinski definition) is 5. The Labute approximate surface area is 113 Å². The van der Waals surface area contributed by atoms with E-state index in [0.717, 1.165) is 23.4 Å². The highest BCUT2D eigenvalue weighted by molar-refractivity contribution is 9.10. The van der Waals surface area contributed by atoms with Crippen molar-refractivity contribution >= 4 is 33.3 Å². The highest BCUT2D eigenvalue weighted by Gasteiger charge is 2.34. The molecule has 7 heteroatoms. The Morgan fingerprint density at radius 1 is 1.35 bits per heavy atom. The Hall–Kier alpha value is -0.430. The third-order valence-corrected chi connectivity index (χ3v) is 3.56. The molecule has 0 spiro atoms. The minimum Gasteiger partial charge on any atom is -0.377 e. The maximum atomic E-state index is 5.80. The van der Waals surface area contributed by atoms with E-state index in [1.54, 1.807) is 20.4 Å². The third kappa shape index (κ3) is 2.70. The van der Waals surface area contributed by atoms with Crippen molar-refractivity contribution in [1.82, 2.24) is 9.97 Å². The molecule has 94 valence electrons. The van der Waals surface area contributed by atoms with Gasteiger partial charge in [-0.1, -0.05) is 0 Å². The predicted molar refractivity (Wildman–Crippen MR) is 68.5 cm³/mol. The molecule has 1 aliphatic heterocycles. The van der Waals surface area contributed by atoms with Crippen molar-refractivity contribution in [2.45, 2.75) is 12.2 Å². The summed E-state index contributed by atoms with van der Waals surface area (Å²) in [5.74, 6) is 0.770. The molecule has 0 N–H and O–H groups in total. The molecule has 1 aromatic heterocycles. The van der Waals surface area contributed by atoms with Crippen LogP contribution in [0.1, 0.15) is 0 Å². The van der Waals surface area contributed by atoms with Crippen LogP contribution in [0.2, 0.25) is 5.28 Å². The van der Waals surface area contributed by atoms with Crippen molar-refractivity contribution in [2.75, 3.05) is 32.2 Å². The second-order valence-corrected chi connectivity index (χ2v) is 4.96. The first kappa shape index (κ1) is 13.0. The fourth-order valence-corrected chi connectivity index (χ4v) is 2.50. The molecule has 0 aromatic carbocycles. The molecule has 0 bridgehead atoms. The van der Waals surface area contributed by atoms with Gasteiger partial charge in [0.2, 0.25) is 5.28 Å². The third-order valence-electron chi connectivity index (χ3n) is 2.82. The quantitative estimate of drug-likeness (QED) is 0.793. The summed E-state index contributed by atoms with van der Waals surface area (Å²) in [5, 5.41) is 0.234. The number of anilines is 1. The highest BCUT2D eigenvalue weighted by atomic mass is 79.9. The number of aromatic nitrogens is 2. The van der Waals surface area contributed by atoms with Gasteiger partial charge in [-0.05, 0) is 27.5 Å². The van der Waals surface area contributed by atoms with Crippen LogP contribution in [0.5, 0.6) is 0 Å². The number of hydrogen-bond donors (Lipinski definition) is 0. The van der Waals surface area contributed by atoms with Crippen LogP contribution in [-0.2, 0) is 9.47 Å². The zero-order chi connectivity index (χ0) is 12.4. The molecule has 0 saturated carbocycles. The molecule has 5 nitrogen and oxygen atoms in total. The van der Waals surface area contributed by atoms with Gasteiger partial charge in [0.25, 0.3) is 0 Å². The van der Waals surface area contributed by atoms with E-state index in [1.807, 2.05) is 0 Å². The van der Waals surface area contributed by atoms with Gasteiger partial charge in [0.05, 0.1) is 4.47 Å². The van der Waals surface area contributed by atoms with Gasteiger partial charge in [0.15, 0.2) is 0 Å². The maximum absolute atomic E-state index is 5.80. The summed E-state index contributed by atoms with van der Waals surface area (Å²) >= 11 is 9.22. The highest BCUT2D eigenvalue weighted by Crippen LogP contribution is 2.28. The number of rotatable bonds is 3. The smallest absolute Gasteiger partial charge is 0.224 e. The van der Waals surface area contributed by atoms with Crippen LogP contribution in [0.15, 0.2) is 10.7 Å². The van der Waals surface area contributed by atoms with Crippen LogP contribution < -0.4 is 4.90 Å². The van der Waals surface area contributed by atoms with Gasteiger partial charge >= 0.3 is 0 Å². The normalized spacial score (nSPS) is 24.4. The van der Waals surface area contributed by atoms with Gasteiger partial charge in [-0.25, -0.2) is 4.98 Å². The molecular formula is C10H13BrClN3O2. The van der Waals surface area contributed by atoms with Crippen LogP contribution in [0, 0.1) is 0 Å². The van der Waals surface area contributed by atoms with Crippen LogP contribution in [0.3, 0.4) is 0 Å². The van der Waals surface area contributed by atoms with E-state index in [4.69, 9.17) is 21.1 Å². The van der Waals surface area contributed by atoms with Gasteiger partial charge in [0, 0.05) is 33.5 Å². The van der Waals surface area contributed by atoms with Gasteiger partial charge < -0.3 is 14.4 Å². The Balaban J connectivity index is 2.21. The predicted octanol–water partition coefficient (Wildman–Crippen LogP) is 1.74. The first-order valence-electron chi connectivity index (χ1n) is 5.14. The maximum Gasteiger partial charge on any atom is 0.224 e. The molecule has 1 aromatic rings. The summed E-state index contributed by atoms with van der Waals surface area (Å²) in [7, 11) is 3.37. The van der Waals surface area contributed by atoms with Gasteiger partial charge in [-0.15, -0.1) is 0 Å². The van der Waals surface area contributed by atoms with Crippen molar-refractivity contribution < 1.29 is 9.47 Å². The lowest BCUT2D eigenvalue weighted by molar-refractivity contribution is -0.00461. The van der Waals surface area contributed by atoms with Crippen molar-refractivity contribution in [3.63, 3.8) is 0 Å². The van der Waals surface area contributed by atoms with Crippen molar-refractivity contribution in [3.05, 3.63) is 16.0 Å². The number of nitrogens with zero attached hydrogens (tertiary/aromatic N) is 3. The van der Waals surface area contributed by atoms with Crippen molar-refractivity contribution in [3.8, 4) is 0 Å². The lowest BCUT2D eigenvalue weighted by atomic mass is 10.3. The fourth-order valence-electron chi connectivity index (χ4n) is 1.93. The molecular weight excluding hydrogens is 309 g/mol. The monoisotopic (exact) mass is 321 g/mol. The lowest BCUT2D eigenvalue weighted by Crippen LogP contribution is -2.27. The van der Waals surface area contributed by atoms with Crippen LogP contribution in [-0.4, -0.2) is 49.5 Å². The molecule has 2 unspecified atom stereocenters. The average Bonchev–Trinajstić information content (AvgIpc) is 2.75. The van der Waals surface area contributed by atoms with Crippen molar-refractivity contribution in [2.24, 2.45) is 0 Å². The summed E-state index contributed by atoms with van der Waals surface area (Å²) in [4.78, 5) is 10.2. The van der Waals surface area contributed by atoms with E-state index < -0.39 is 0 Å². The second kappa shape index (κ2) is 5.48. The van der Waals surface area contributed by atoms with Gasteiger partial charge in [-0.3, -0.25) is 0 Å². The zero-order valence-corrected chi connectivity index (χ0v) is 11.9. The van der Waals surface area contributed by atoms with E-state index in [1.165, 1.54) is 0 Å². The van der Waals surface area contributed by atoms with E-state index in [-0.39, 0.29) is 17.5 Å². The standard InChI is InChI=1S/C10H13BrClN3O2/c1-16-7-4-15(5-8(7)17-2)9-6(11)3-13-10(12)14-9/h3,7-8H,4-5H2,1-2H3. The lowest BCUT2D eigenvalue weighted by Gasteiger charge is -2.17. The molecule has 2 atom stereocenters. The van der Waals surface area contributed by atoms with Crippen LogP contribution >= 0.6 is 27.5 Å². The Morgan fingerprint density at radius 3 is 2.47 bits per heavy atom. The molecule has 17 heavy (non-hydrogen) atoms. The van der Waals surface area contributed by atoms with Gasteiger partial charge in [0.1, 0.15) is 18.0 Å². The van der Waals surface area contributed by atoms with Gasteiger partial charge in [-0.2, -0.15) is 4.98 Å². The Kier molecular flexibility index (Phi) is 4.19. The summed E-state index contributed by atoms with van der Waals surface area (Å²) in [6.07, 6.45) is 1.73. The second-order valence-electron chi connectivity index (χ2n) is 3.76. The largest absolute Gasteiger partial charge is 0.377 e. The molecule has 1 saturated heterocycles. The molecule has 2 heterocycles. The summed E-state index contributed by atoms with van der Waals surface area (Å²) in [6, 6.07) is 0. The first-order chi connectivity index (χ1) is 8.15. The zero-order valence-electron chi connectivity index (χ0n) is 9.56. The molecule has 2 rings (SSSR count). The summed E-state index contributed by atoms with van der Waals surface area (Å²) in [6.45, 7) is 1.45. The molecule has 1 fully saturated rings. The summed E-state index contributed by atoms with van der Waals surface area (Å²) < 4.78 is 11.6. The fraction of sp³-hybridized carbons (Fsp3) is 0.600. The molecule has 1 aliphatic rings. The average molecular weight is 323 g/mol. The SMILES string of the molecule is COC1CN(c2nc(Cl)ncc2Br)CC1OC. The summed E-state index contributed by atoms with van der Waals surface area (Å²) in [5.41, 5.74) is 0. The van der Waals surface area contributed by atoms with E-state index in [2.05, 4.69) is 30.8 Å². The van der Waals surface area contributed by atoms with E-state index in [0.29, 0.717) is 0 Å². The molecule has 0 aliphatic carbocycles. The molecule has 0 amide bonds. The van der Waals surface area contributed by atoms with Crippen LogP contribution in [0.25, 0.3) is 0 Å². The Bertz CT molecular complexity index is 395. The minimum absolute atomic E-state index is 0.0423. The van der Waals surface area contributed by atoms with Crippen molar-refractivity contribution in [1.29, 1.82) is 0 Å².